The Hall–Kier alpha value is -1.65. The van der Waals surface area contributed by atoms with Crippen molar-refractivity contribution >= 4 is 17.7 Å². The Morgan fingerprint density at radius 1 is 1.57 bits per heavy atom. The summed E-state index contributed by atoms with van der Waals surface area (Å²) in [6, 6.07) is 0. The van der Waals surface area contributed by atoms with Crippen LogP contribution >= 0.6 is 0 Å². The van der Waals surface area contributed by atoms with Crippen LogP contribution in [-0.2, 0) is 14.4 Å². The van der Waals surface area contributed by atoms with Crippen molar-refractivity contribution < 1.29 is 14.4 Å². The molecule has 0 radical (unpaired) electrons. The fraction of sp³-hybridized carbons (Fsp3) is 0.444. The van der Waals surface area contributed by atoms with Crippen molar-refractivity contribution in [1.29, 1.82) is 0 Å². The van der Waals surface area contributed by atoms with Gasteiger partial charge in [-0.3, -0.25) is 19.7 Å². The zero-order valence-corrected chi connectivity index (χ0v) is 8.09. The van der Waals surface area contributed by atoms with Crippen molar-refractivity contribution in [3.63, 3.8) is 0 Å². The number of rotatable bonds is 2. The molecule has 1 rings (SSSR count). The molecule has 0 saturated heterocycles. The first kappa shape index (κ1) is 10.4. The van der Waals surface area contributed by atoms with Gasteiger partial charge in [0.05, 0.1) is 0 Å². The van der Waals surface area contributed by atoms with Gasteiger partial charge in [-0.05, 0) is 19.4 Å². The number of nitrogens with one attached hydrogen (secondary N) is 2. The number of hydrogen-bond acceptors (Lipinski definition) is 3. The summed E-state index contributed by atoms with van der Waals surface area (Å²) in [5.74, 6) is -2.26. The molecule has 1 atom stereocenters. The Bertz CT molecular complexity index is 320. The van der Waals surface area contributed by atoms with E-state index in [4.69, 9.17) is 0 Å². The summed E-state index contributed by atoms with van der Waals surface area (Å²) in [4.78, 5) is 33.6. The lowest BCUT2D eigenvalue weighted by atomic mass is 9.95. The summed E-state index contributed by atoms with van der Waals surface area (Å²) in [5, 5.41) is 4.62. The second kappa shape index (κ2) is 4.04. The van der Waals surface area contributed by atoms with Crippen molar-refractivity contribution in [3.05, 3.63) is 11.6 Å². The van der Waals surface area contributed by atoms with E-state index in [2.05, 4.69) is 10.6 Å². The van der Waals surface area contributed by atoms with Gasteiger partial charge in [0.25, 0.3) is 5.91 Å². The van der Waals surface area contributed by atoms with Crippen LogP contribution in [0.15, 0.2) is 11.6 Å². The van der Waals surface area contributed by atoms with E-state index in [1.54, 1.807) is 13.8 Å². The molecule has 2 N–H and O–H groups in total. The van der Waals surface area contributed by atoms with E-state index in [1.807, 2.05) is 0 Å². The second-order valence-corrected chi connectivity index (χ2v) is 3.07. The van der Waals surface area contributed by atoms with Crippen molar-refractivity contribution in [2.24, 2.45) is 5.92 Å². The summed E-state index contributed by atoms with van der Waals surface area (Å²) in [6.45, 7) is 3.82. The van der Waals surface area contributed by atoms with Gasteiger partial charge >= 0.3 is 0 Å². The van der Waals surface area contributed by atoms with E-state index < -0.39 is 17.7 Å². The van der Waals surface area contributed by atoms with E-state index >= 15 is 0 Å². The minimum absolute atomic E-state index is 0.369. The highest BCUT2D eigenvalue weighted by Gasteiger charge is 2.32. The Balaban J connectivity index is 2.87. The van der Waals surface area contributed by atoms with Gasteiger partial charge in [0.1, 0.15) is 5.92 Å². The molecule has 0 aromatic heterocycles. The largest absolute Gasteiger partial charge is 0.355 e. The zero-order chi connectivity index (χ0) is 10.7. The predicted molar refractivity (Wildman–Crippen MR) is 49.1 cm³/mol. The third-order valence-corrected chi connectivity index (χ3v) is 1.94. The molecule has 0 aliphatic carbocycles. The fourth-order valence-corrected chi connectivity index (χ4v) is 1.33. The smallest absolute Gasteiger partial charge is 0.250 e. The molecule has 76 valence electrons. The molecule has 3 amide bonds. The Morgan fingerprint density at radius 3 is 2.71 bits per heavy atom. The number of carbonyl (C=O) groups is 3. The third-order valence-electron chi connectivity index (χ3n) is 1.94. The molecule has 0 saturated carbocycles. The van der Waals surface area contributed by atoms with Crippen LogP contribution in [0.3, 0.4) is 0 Å². The van der Waals surface area contributed by atoms with Crippen molar-refractivity contribution in [2.75, 3.05) is 6.54 Å². The maximum Gasteiger partial charge on any atom is 0.250 e. The molecular weight excluding hydrogens is 184 g/mol. The molecule has 1 aliphatic rings. The van der Waals surface area contributed by atoms with Gasteiger partial charge in [-0.15, -0.1) is 0 Å². The molecular formula is C9H12N2O3. The SMILES string of the molecule is CCNC(=O)C1C(=O)NC(=O)C=C1C. The van der Waals surface area contributed by atoms with Crippen LogP contribution in [0.2, 0.25) is 0 Å². The van der Waals surface area contributed by atoms with E-state index in [0.29, 0.717) is 12.1 Å². The maximum absolute atomic E-state index is 11.4. The van der Waals surface area contributed by atoms with Crippen LogP contribution in [-0.4, -0.2) is 24.3 Å². The van der Waals surface area contributed by atoms with Gasteiger partial charge in [-0.1, -0.05) is 0 Å². The van der Waals surface area contributed by atoms with Gasteiger partial charge in [-0.2, -0.15) is 0 Å². The summed E-state index contributed by atoms with van der Waals surface area (Å²) < 4.78 is 0. The molecule has 0 aromatic carbocycles. The first-order valence-corrected chi connectivity index (χ1v) is 4.37. The van der Waals surface area contributed by atoms with Crippen LogP contribution in [0.5, 0.6) is 0 Å². The number of amides is 3. The lowest BCUT2D eigenvalue weighted by Crippen LogP contribution is -2.46. The van der Waals surface area contributed by atoms with Crippen LogP contribution < -0.4 is 10.6 Å². The lowest BCUT2D eigenvalue weighted by molar-refractivity contribution is -0.136. The van der Waals surface area contributed by atoms with Crippen LogP contribution in [0.25, 0.3) is 0 Å². The van der Waals surface area contributed by atoms with Crippen molar-refractivity contribution in [1.82, 2.24) is 10.6 Å². The van der Waals surface area contributed by atoms with Gasteiger partial charge in [0, 0.05) is 12.6 Å². The van der Waals surface area contributed by atoms with E-state index in [9.17, 15) is 14.4 Å². The van der Waals surface area contributed by atoms with Crippen LogP contribution in [0, 0.1) is 5.92 Å². The number of hydrogen-bond donors (Lipinski definition) is 2. The average Bonchev–Trinajstić information content (AvgIpc) is 2.01. The number of imide groups is 1. The zero-order valence-electron chi connectivity index (χ0n) is 8.09. The first-order valence-electron chi connectivity index (χ1n) is 4.37. The van der Waals surface area contributed by atoms with Crippen molar-refractivity contribution in [2.45, 2.75) is 13.8 Å². The summed E-state index contributed by atoms with van der Waals surface area (Å²) >= 11 is 0. The molecule has 1 heterocycles. The lowest BCUT2D eigenvalue weighted by Gasteiger charge is -2.19. The Kier molecular flexibility index (Phi) is 3.01. The molecule has 0 fully saturated rings. The molecule has 0 bridgehead atoms. The minimum atomic E-state index is -0.868. The molecule has 5 heteroatoms. The molecule has 0 aromatic rings. The molecule has 0 spiro atoms. The van der Waals surface area contributed by atoms with E-state index in [-0.39, 0.29) is 5.91 Å². The second-order valence-electron chi connectivity index (χ2n) is 3.07. The standard InChI is InChI=1S/C9H12N2O3/c1-3-10-8(13)7-5(2)4-6(12)11-9(7)14/h4,7H,3H2,1-2H3,(H,10,13)(H,11,12,14). The molecule has 5 nitrogen and oxygen atoms in total. The minimum Gasteiger partial charge on any atom is -0.355 e. The Labute approximate surface area is 81.5 Å². The summed E-state index contributed by atoms with van der Waals surface area (Å²) in [6.07, 6.45) is 1.27. The topological polar surface area (TPSA) is 75.3 Å². The third kappa shape index (κ3) is 1.99. The highest BCUT2D eigenvalue weighted by atomic mass is 16.2. The van der Waals surface area contributed by atoms with Gasteiger partial charge < -0.3 is 5.32 Å². The number of carbonyl (C=O) groups excluding carboxylic acids is 3. The Morgan fingerprint density at radius 2 is 2.21 bits per heavy atom. The van der Waals surface area contributed by atoms with Gasteiger partial charge in [-0.25, -0.2) is 0 Å². The summed E-state index contributed by atoms with van der Waals surface area (Å²) in [5.41, 5.74) is 0.477. The fourth-order valence-electron chi connectivity index (χ4n) is 1.33. The molecule has 1 aliphatic heterocycles. The van der Waals surface area contributed by atoms with E-state index in [0.717, 1.165) is 0 Å². The summed E-state index contributed by atoms with van der Waals surface area (Å²) in [7, 11) is 0. The van der Waals surface area contributed by atoms with Crippen molar-refractivity contribution in [3.8, 4) is 0 Å². The monoisotopic (exact) mass is 196 g/mol. The van der Waals surface area contributed by atoms with Gasteiger partial charge in [0.2, 0.25) is 11.8 Å². The quantitative estimate of drug-likeness (QED) is 0.455. The van der Waals surface area contributed by atoms with E-state index in [1.165, 1.54) is 6.08 Å². The highest BCUT2D eigenvalue weighted by Crippen LogP contribution is 2.14. The van der Waals surface area contributed by atoms with Gasteiger partial charge in [0.15, 0.2) is 0 Å². The predicted octanol–water partition coefficient (Wildman–Crippen LogP) is -0.659. The maximum atomic E-state index is 11.4. The van der Waals surface area contributed by atoms with Crippen LogP contribution in [0.1, 0.15) is 13.8 Å². The molecule has 1 unspecified atom stereocenters. The molecule has 14 heavy (non-hydrogen) atoms. The normalized spacial score (nSPS) is 21.3. The average molecular weight is 196 g/mol. The van der Waals surface area contributed by atoms with Crippen LogP contribution in [0.4, 0.5) is 0 Å². The highest BCUT2D eigenvalue weighted by molar-refractivity contribution is 6.14. The first-order chi connectivity index (χ1) is 6.56.